The van der Waals surface area contributed by atoms with E-state index >= 15 is 0 Å². The van der Waals surface area contributed by atoms with Gasteiger partial charge in [0, 0.05) is 28.7 Å². The molecule has 0 heterocycles. The zero-order chi connectivity index (χ0) is 16.8. The zero-order valence-corrected chi connectivity index (χ0v) is 13.1. The van der Waals surface area contributed by atoms with Crippen molar-refractivity contribution in [3.8, 4) is 11.8 Å². The third-order valence-corrected chi connectivity index (χ3v) is 3.64. The van der Waals surface area contributed by atoms with Crippen molar-refractivity contribution in [3.63, 3.8) is 0 Å². The third kappa shape index (κ3) is 3.80. The second-order valence-electron chi connectivity index (χ2n) is 5.28. The first-order valence-electron chi connectivity index (χ1n) is 7.45. The van der Waals surface area contributed by atoms with Crippen molar-refractivity contribution in [1.29, 1.82) is 5.26 Å². The molecular formula is C18H19N3O2. The van der Waals surface area contributed by atoms with E-state index in [1.54, 1.807) is 36.4 Å². The lowest BCUT2D eigenvalue weighted by atomic mass is 10.1. The number of amides is 1. The zero-order valence-electron chi connectivity index (χ0n) is 13.1. The molecule has 5 heteroatoms. The van der Waals surface area contributed by atoms with Gasteiger partial charge in [0.15, 0.2) is 0 Å². The third-order valence-electron chi connectivity index (χ3n) is 3.64. The van der Waals surface area contributed by atoms with Crippen molar-refractivity contribution >= 4 is 22.4 Å². The predicted octanol–water partition coefficient (Wildman–Crippen LogP) is 3.28. The van der Waals surface area contributed by atoms with Crippen LogP contribution in [-0.4, -0.2) is 17.1 Å². The number of rotatable bonds is 5. The molecule has 3 N–H and O–H groups in total. The summed E-state index contributed by atoms with van der Waals surface area (Å²) in [5, 5.41) is 26.1. The van der Waals surface area contributed by atoms with Crippen LogP contribution < -0.4 is 10.6 Å². The van der Waals surface area contributed by atoms with Crippen molar-refractivity contribution in [2.45, 2.75) is 26.3 Å². The number of nitrogens with zero attached hydrogens (tertiary/aromatic N) is 1. The molecule has 0 aliphatic carbocycles. The van der Waals surface area contributed by atoms with Crippen LogP contribution in [-0.2, 0) is 4.79 Å². The number of nitriles is 1. The molecule has 1 atom stereocenters. The Bertz CT molecular complexity index is 790. The Balaban J connectivity index is 2.26. The van der Waals surface area contributed by atoms with Gasteiger partial charge in [-0.1, -0.05) is 31.2 Å². The van der Waals surface area contributed by atoms with Gasteiger partial charge in [-0.3, -0.25) is 4.79 Å². The molecule has 0 saturated heterocycles. The van der Waals surface area contributed by atoms with E-state index in [2.05, 4.69) is 10.6 Å². The quantitative estimate of drug-likeness (QED) is 0.584. The summed E-state index contributed by atoms with van der Waals surface area (Å²) in [6.45, 7) is 3.98. The highest BCUT2D eigenvalue weighted by Gasteiger charge is 2.12. The SMILES string of the molecule is CCC(C)N/C=C(/C#N)C(=O)Nc1cccc2c(O)cccc12. The van der Waals surface area contributed by atoms with Crippen LogP contribution in [0.4, 0.5) is 5.69 Å². The fourth-order valence-corrected chi connectivity index (χ4v) is 2.08. The smallest absolute Gasteiger partial charge is 0.267 e. The van der Waals surface area contributed by atoms with Gasteiger partial charge in [0.05, 0.1) is 0 Å². The number of aromatic hydroxyl groups is 1. The highest BCUT2D eigenvalue weighted by atomic mass is 16.3. The normalized spacial score (nSPS) is 12.5. The number of fused-ring (bicyclic) bond motifs is 1. The minimum atomic E-state index is -0.487. The van der Waals surface area contributed by atoms with Gasteiger partial charge in [-0.05, 0) is 25.5 Å². The molecule has 0 aromatic heterocycles. The van der Waals surface area contributed by atoms with Crippen LogP contribution in [0.25, 0.3) is 10.8 Å². The van der Waals surface area contributed by atoms with Gasteiger partial charge < -0.3 is 15.7 Å². The monoisotopic (exact) mass is 309 g/mol. The summed E-state index contributed by atoms with van der Waals surface area (Å²) in [6, 6.07) is 12.4. The van der Waals surface area contributed by atoms with Gasteiger partial charge in [0.25, 0.3) is 5.91 Å². The molecule has 2 aromatic rings. The lowest BCUT2D eigenvalue weighted by Crippen LogP contribution is -2.22. The highest BCUT2D eigenvalue weighted by molar-refractivity contribution is 6.11. The van der Waals surface area contributed by atoms with Crippen molar-refractivity contribution < 1.29 is 9.90 Å². The number of hydrogen-bond acceptors (Lipinski definition) is 4. The molecule has 23 heavy (non-hydrogen) atoms. The van der Waals surface area contributed by atoms with E-state index < -0.39 is 5.91 Å². The molecule has 1 amide bonds. The maximum atomic E-state index is 12.3. The van der Waals surface area contributed by atoms with E-state index in [1.165, 1.54) is 6.20 Å². The molecule has 0 fully saturated rings. The largest absolute Gasteiger partial charge is 0.507 e. The molecule has 2 rings (SSSR count). The Labute approximate surface area is 135 Å². The lowest BCUT2D eigenvalue weighted by molar-refractivity contribution is -0.112. The molecule has 0 radical (unpaired) electrons. The number of carbonyl (C=O) groups is 1. The van der Waals surface area contributed by atoms with E-state index in [9.17, 15) is 9.90 Å². The van der Waals surface area contributed by atoms with Crippen molar-refractivity contribution in [2.75, 3.05) is 5.32 Å². The van der Waals surface area contributed by atoms with Crippen LogP contribution in [0.2, 0.25) is 0 Å². The molecular weight excluding hydrogens is 290 g/mol. The molecule has 1 unspecified atom stereocenters. The second-order valence-corrected chi connectivity index (χ2v) is 5.28. The molecule has 0 saturated carbocycles. The van der Waals surface area contributed by atoms with Crippen molar-refractivity contribution in [3.05, 3.63) is 48.2 Å². The summed E-state index contributed by atoms with van der Waals surface area (Å²) in [6.07, 6.45) is 2.32. The number of benzene rings is 2. The summed E-state index contributed by atoms with van der Waals surface area (Å²) >= 11 is 0. The molecule has 0 aliphatic rings. The van der Waals surface area contributed by atoms with Crippen molar-refractivity contribution in [2.24, 2.45) is 0 Å². The first kappa shape index (κ1) is 16.4. The molecule has 0 aliphatic heterocycles. The number of carbonyl (C=O) groups excluding carboxylic acids is 1. The summed E-state index contributed by atoms with van der Waals surface area (Å²) < 4.78 is 0. The van der Waals surface area contributed by atoms with Crippen LogP contribution in [0.3, 0.4) is 0 Å². The Kier molecular flexibility index (Phi) is 5.21. The maximum Gasteiger partial charge on any atom is 0.267 e. The van der Waals surface area contributed by atoms with Crippen LogP contribution in [0.1, 0.15) is 20.3 Å². The number of phenols is 1. The van der Waals surface area contributed by atoms with Gasteiger partial charge >= 0.3 is 0 Å². The summed E-state index contributed by atoms with van der Waals surface area (Å²) in [4.78, 5) is 12.3. The Hall–Kier alpha value is -3.00. The topological polar surface area (TPSA) is 85.2 Å². The van der Waals surface area contributed by atoms with E-state index in [4.69, 9.17) is 5.26 Å². The number of anilines is 1. The minimum absolute atomic E-state index is 0.00227. The van der Waals surface area contributed by atoms with Crippen LogP contribution >= 0.6 is 0 Å². The number of nitrogens with one attached hydrogen (secondary N) is 2. The summed E-state index contributed by atoms with van der Waals surface area (Å²) in [7, 11) is 0. The van der Waals surface area contributed by atoms with E-state index in [-0.39, 0.29) is 17.4 Å². The van der Waals surface area contributed by atoms with Crippen LogP contribution in [0.15, 0.2) is 48.2 Å². The lowest BCUT2D eigenvalue weighted by Gasteiger charge is -2.11. The fraction of sp³-hybridized carbons (Fsp3) is 0.222. The predicted molar refractivity (Wildman–Crippen MR) is 90.8 cm³/mol. The summed E-state index contributed by atoms with van der Waals surface area (Å²) in [5.41, 5.74) is 0.551. The minimum Gasteiger partial charge on any atom is -0.507 e. The number of phenolic OH excluding ortho intramolecular Hbond substituents is 1. The summed E-state index contributed by atoms with van der Waals surface area (Å²) in [5.74, 6) is -0.341. The Morgan fingerprint density at radius 2 is 2.00 bits per heavy atom. The first-order chi connectivity index (χ1) is 11.1. The molecule has 2 aromatic carbocycles. The maximum absolute atomic E-state index is 12.3. The van der Waals surface area contributed by atoms with E-state index in [0.717, 1.165) is 6.42 Å². The molecule has 0 spiro atoms. The standard InChI is InChI=1S/C18H19N3O2/c1-3-12(2)20-11-13(10-19)18(23)21-16-8-4-7-15-14(16)6-5-9-17(15)22/h4-9,11-12,20,22H,3H2,1-2H3,(H,21,23)/b13-11-. The molecule has 118 valence electrons. The average Bonchev–Trinajstić information content (AvgIpc) is 2.56. The Morgan fingerprint density at radius 1 is 1.30 bits per heavy atom. The van der Waals surface area contributed by atoms with Gasteiger partial charge in [0.1, 0.15) is 17.4 Å². The first-order valence-corrected chi connectivity index (χ1v) is 7.45. The van der Waals surface area contributed by atoms with Crippen LogP contribution in [0.5, 0.6) is 5.75 Å². The van der Waals surface area contributed by atoms with Gasteiger partial charge in [-0.25, -0.2) is 0 Å². The van der Waals surface area contributed by atoms with E-state index in [0.29, 0.717) is 16.5 Å². The molecule has 0 bridgehead atoms. The van der Waals surface area contributed by atoms with E-state index in [1.807, 2.05) is 19.9 Å². The van der Waals surface area contributed by atoms with Gasteiger partial charge in [-0.15, -0.1) is 0 Å². The average molecular weight is 309 g/mol. The fourth-order valence-electron chi connectivity index (χ4n) is 2.08. The van der Waals surface area contributed by atoms with Gasteiger partial charge in [-0.2, -0.15) is 5.26 Å². The Morgan fingerprint density at radius 3 is 2.70 bits per heavy atom. The van der Waals surface area contributed by atoms with Crippen molar-refractivity contribution in [1.82, 2.24) is 5.32 Å². The second kappa shape index (κ2) is 7.32. The van der Waals surface area contributed by atoms with Crippen LogP contribution in [0, 0.1) is 11.3 Å². The highest BCUT2D eigenvalue weighted by Crippen LogP contribution is 2.29. The van der Waals surface area contributed by atoms with Gasteiger partial charge in [0.2, 0.25) is 0 Å². The number of hydrogen-bond donors (Lipinski definition) is 3. The molecule has 5 nitrogen and oxygen atoms in total.